The number of nitrogens with zero attached hydrogens (tertiary/aromatic N) is 2. The lowest BCUT2D eigenvalue weighted by Crippen LogP contribution is -2.33. The van der Waals surface area contributed by atoms with Gasteiger partial charge in [-0.2, -0.15) is 5.10 Å². The molecule has 0 saturated heterocycles. The number of halogens is 1. The molecule has 1 amide bonds. The third-order valence-electron chi connectivity index (χ3n) is 3.14. The van der Waals surface area contributed by atoms with Gasteiger partial charge in [0.2, 0.25) is 5.43 Å². The minimum atomic E-state index is -0.536. The zero-order valence-electron chi connectivity index (χ0n) is 10.3. The number of rotatable bonds is 2. The van der Waals surface area contributed by atoms with Gasteiger partial charge in [-0.05, 0) is 31.0 Å². The van der Waals surface area contributed by atoms with Gasteiger partial charge >= 0.3 is 0 Å². The minimum absolute atomic E-state index is 0.141. The molecule has 6 heteroatoms. The van der Waals surface area contributed by atoms with E-state index >= 15 is 0 Å². The van der Waals surface area contributed by atoms with Crippen LogP contribution < -0.4 is 10.7 Å². The van der Waals surface area contributed by atoms with Crippen molar-refractivity contribution in [2.75, 3.05) is 0 Å². The zero-order chi connectivity index (χ0) is 13.6. The number of aryl methyl sites for hydroxylation is 1. The lowest BCUT2D eigenvalue weighted by molar-refractivity contribution is 0.0943. The predicted octanol–water partition coefficient (Wildman–Crippen LogP) is 0.965. The average molecular weight is 261 g/mol. The van der Waals surface area contributed by atoms with Crippen molar-refractivity contribution in [3.63, 3.8) is 0 Å². The molecule has 1 aliphatic carbocycles. The normalized spacial score (nSPS) is 14.6. The van der Waals surface area contributed by atoms with E-state index in [1.165, 1.54) is 16.8 Å². The van der Waals surface area contributed by atoms with E-state index in [1.54, 1.807) is 7.05 Å². The maximum atomic E-state index is 13.2. The van der Waals surface area contributed by atoms with Crippen LogP contribution in [-0.2, 0) is 7.05 Å². The Morgan fingerprint density at radius 2 is 2.21 bits per heavy atom. The second-order valence-electron chi connectivity index (χ2n) is 4.71. The van der Waals surface area contributed by atoms with Gasteiger partial charge in [-0.25, -0.2) is 4.39 Å². The first-order valence-electron chi connectivity index (χ1n) is 6.03. The SMILES string of the molecule is Cn1nc(C(=O)NC2CC2)c(=O)c2cc(F)ccc21. The monoisotopic (exact) mass is 261 g/mol. The molecule has 0 radical (unpaired) electrons. The van der Waals surface area contributed by atoms with E-state index in [9.17, 15) is 14.0 Å². The Hall–Kier alpha value is -2.24. The molecule has 1 heterocycles. The summed E-state index contributed by atoms with van der Waals surface area (Å²) in [6.07, 6.45) is 1.85. The summed E-state index contributed by atoms with van der Waals surface area (Å²) in [4.78, 5) is 24.1. The van der Waals surface area contributed by atoms with Gasteiger partial charge in [0.1, 0.15) is 5.82 Å². The predicted molar refractivity (Wildman–Crippen MR) is 67.4 cm³/mol. The molecule has 1 fully saturated rings. The van der Waals surface area contributed by atoms with Gasteiger partial charge in [-0.3, -0.25) is 14.3 Å². The standard InChI is InChI=1S/C13H12FN3O2/c1-17-10-5-2-7(14)6-9(10)12(18)11(16-17)13(19)15-8-3-4-8/h2,5-6,8H,3-4H2,1H3,(H,15,19). The highest BCUT2D eigenvalue weighted by Gasteiger charge is 2.26. The van der Waals surface area contributed by atoms with Gasteiger partial charge in [0.05, 0.1) is 10.9 Å². The molecule has 2 aromatic rings. The maximum absolute atomic E-state index is 13.2. The Kier molecular flexibility index (Phi) is 2.58. The highest BCUT2D eigenvalue weighted by atomic mass is 19.1. The second-order valence-corrected chi connectivity index (χ2v) is 4.71. The van der Waals surface area contributed by atoms with E-state index < -0.39 is 17.2 Å². The summed E-state index contributed by atoms with van der Waals surface area (Å²) >= 11 is 0. The van der Waals surface area contributed by atoms with Crippen LogP contribution in [0.15, 0.2) is 23.0 Å². The summed E-state index contributed by atoms with van der Waals surface area (Å²) < 4.78 is 14.6. The Balaban J connectivity index is 2.17. The van der Waals surface area contributed by atoms with Crippen LogP contribution in [0.1, 0.15) is 23.3 Å². The number of carbonyl (C=O) groups is 1. The third kappa shape index (κ3) is 2.09. The van der Waals surface area contributed by atoms with Gasteiger partial charge in [-0.1, -0.05) is 0 Å². The number of nitrogens with one attached hydrogen (secondary N) is 1. The van der Waals surface area contributed by atoms with Crippen molar-refractivity contribution in [2.24, 2.45) is 7.05 Å². The molecule has 1 saturated carbocycles. The van der Waals surface area contributed by atoms with Crippen LogP contribution in [-0.4, -0.2) is 21.7 Å². The molecule has 3 rings (SSSR count). The van der Waals surface area contributed by atoms with Crippen molar-refractivity contribution >= 4 is 16.8 Å². The van der Waals surface area contributed by atoms with Crippen molar-refractivity contribution in [3.8, 4) is 0 Å². The molecule has 1 aliphatic rings. The van der Waals surface area contributed by atoms with Crippen LogP contribution in [0, 0.1) is 5.82 Å². The van der Waals surface area contributed by atoms with Crippen molar-refractivity contribution in [1.82, 2.24) is 15.1 Å². The third-order valence-corrected chi connectivity index (χ3v) is 3.14. The highest BCUT2D eigenvalue weighted by Crippen LogP contribution is 2.19. The van der Waals surface area contributed by atoms with Crippen LogP contribution in [0.4, 0.5) is 4.39 Å². The van der Waals surface area contributed by atoms with Crippen LogP contribution in [0.25, 0.3) is 10.9 Å². The number of hydrogen-bond donors (Lipinski definition) is 1. The van der Waals surface area contributed by atoms with E-state index in [0.29, 0.717) is 5.52 Å². The Labute approximate surface area is 108 Å². The maximum Gasteiger partial charge on any atom is 0.276 e. The smallest absolute Gasteiger partial charge is 0.276 e. The van der Waals surface area contributed by atoms with Crippen molar-refractivity contribution in [1.29, 1.82) is 0 Å². The van der Waals surface area contributed by atoms with Gasteiger partial charge in [-0.15, -0.1) is 0 Å². The molecule has 1 aromatic carbocycles. The summed E-state index contributed by atoms with van der Waals surface area (Å²) in [7, 11) is 1.62. The number of carbonyl (C=O) groups excluding carboxylic acids is 1. The van der Waals surface area contributed by atoms with Crippen LogP contribution in [0.5, 0.6) is 0 Å². The van der Waals surface area contributed by atoms with Crippen LogP contribution >= 0.6 is 0 Å². The summed E-state index contributed by atoms with van der Waals surface area (Å²) in [5, 5.41) is 6.86. The first-order chi connectivity index (χ1) is 9.06. The number of aromatic nitrogens is 2. The van der Waals surface area contributed by atoms with Crippen LogP contribution in [0.2, 0.25) is 0 Å². The zero-order valence-corrected chi connectivity index (χ0v) is 10.3. The molecule has 0 atom stereocenters. The van der Waals surface area contributed by atoms with Crippen LogP contribution in [0.3, 0.4) is 0 Å². The lowest BCUT2D eigenvalue weighted by Gasteiger charge is -2.07. The van der Waals surface area contributed by atoms with Crippen molar-refractivity contribution < 1.29 is 9.18 Å². The number of fused-ring (bicyclic) bond motifs is 1. The fourth-order valence-electron chi connectivity index (χ4n) is 1.98. The Bertz CT molecular complexity index is 734. The summed E-state index contributed by atoms with van der Waals surface area (Å²) in [6.45, 7) is 0. The fraction of sp³-hybridized carbons (Fsp3) is 0.308. The topological polar surface area (TPSA) is 64.0 Å². The molecule has 19 heavy (non-hydrogen) atoms. The Morgan fingerprint density at radius 1 is 1.47 bits per heavy atom. The van der Waals surface area contributed by atoms with Gasteiger partial charge in [0, 0.05) is 13.1 Å². The van der Waals surface area contributed by atoms with Gasteiger partial charge in [0.25, 0.3) is 5.91 Å². The van der Waals surface area contributed by atoms with E-state index in [-0.39, 0.29) is 17.1 Å². The fourth-order valence-corrected chi connectivity index (χ4v) is 1.98. The lowest BCUT2D eigenvalue weighted by atomic mass is 10.2. The molecule has 98 valence electrons. The first-order valence-corrected chi connectivity index (χ1v) is 6.03. The molecular weight excluding hydrogens is 249 g/mol. The summed E-state index contributed by atoms with van der Waals surface area (Å²) in [5.74, 6) is -1.00. The molecule has 5 nitrogen and oxygen atoms in total. The molecular formula is C13H12FN3O2. The molecule has 1 N–H and O–H groups in total. The van der Waals surface area contributed by atoms with Gasteiger partial charge in [0.15, 0.2) is 5.69 Å². The van der Waals surface area contributed by atoms with E-state index in [4.69, 9.17) is 0 Å². The van der Waals surface area contributed by atoms with E-state index in [1.807, 2.05) is 0 Å². The summed E-state index contributed by atoms with van der Waals surface area (Å²) in [5.41, 5.74) is -0.229. The first kappa shape index (κ1) is 11.8. The van der Waals surface area contributed by atoms with Crippen molar-refractivity contribution in [2.45, 2.75) is 18.9 Å². The van der Waals surface area contributed by atoms with E-state index in [2.05, 4.69) is 10.4 Å². The number of hydrogen-bond acceptors (Lipinski definition) is 3. The quantitative estimate of drug-likeness (QED) is 0.876. The second kappa shape index (κ2) is 4.15. The number of benzene rings is 1. The highest BCUT2D eigenvalue weighted by molar-refractivity contribution is 5.95. The molecule has 0 aliphatic heterocycles. The largest absolute Gasteiger partial charge is 0.348 e. The van der Waals surface area contributed by atoms with Gasteiger partial charge < -0.3 is 5.32 Å². The molecule has 0 bridgehead atoms. The number of amides is 1. The summed E-state index contributed by atoms with van der Waals surface area (Å²) in [6, 6.07) is 4.00. The average Bonchev–Trinajstić information content (AvgIpc) is 3.17. The molecule has 0 spiro atoms. The minimum Gasteiger partial charge on any atom is -0.348 e. The molecule has 0 unspecified atom stereocenters. The Morgan fingerprint density at radius 3 is 2.89 bits per heavy atom. The molecule has 1 aromatic heterocycles. The van der Waals surface area contributed by atoms with E-state index in [0.717, 1.165) is 18.9 Å². The van der Waals surface area contributed by atoms with Crippen molar-refractivity contribution in [3.05, 3.63) is 39.9 Å².